The molecule has 0 saturated carbocycles. The Morgan fingerprint density at radius 3 is 2.62 bits per heavy atom. The van der Waals surface area contributed by atoms with E-state index in [1.165, 1.54) is 22.5 Å². The lowest BCUT2D eigenvalue weighted by Crippen LogP contribution is -2.32. The molecule has 2 heterocycles. The molecular formula is C18H20N6O5. The van der Waals surface area contributed by atoms with Gasteiger partial charge in [-0.2, -0.15) is 10.1 Å². The minimum atomic E-state index is -1.04. The third-order valence-corrected chi connectivity index (χ3v) is 3.72. The lowest BCUT2D eigenvalue weighted by Gasteiger charge is -2.12. The summed E-state index contributed by atoms with van der Waals surface area (Å²) in [5.74, 6) is -1.05. The monoisotopic (exact) mass is 400 g/mol. The normalized spacial score (nSPS) is 12.7. The topological polar surface area (TPSA) is 131 Å². The van der Waals surface area contributed by atoms with Crippen molar-refractivity contribution in [2.75, 3.05) is 18.7 Å². The number of aryl methyl sites for hydroxylation is 1. The molecule has 3 rings (SSSR count). The Morgan fingerprint density at radius 2 is 2.03 bits per heavy atom. The standard InChI is InChI=1S/C14H15NO5.C4H5N5/c1-10-3-2-4-11(9-10)7-8-19-14(18)20-15-12(16)5-6-13(15)17;1-8(2-5)9-4-6-3-7-9/h2-4,9H,5-8H2,1H3;3-4H,1H3. The van der Waals surface area contributed by atoms with Gasteiger partial charge in [0.25, 0.3) is 11.8 Å². The Morgan fingerprint density at radius 1 is 1.31 bits per heavy atom. The molecule has 29 heavy (non-hydrogen) atoms. The summed E-state index contributed by atoms with van der Waals surface area (Å²) in [7, 11) is 1.59. The first-order chi connectivity index (χ1) is 13.9. The smallest absolute Gasteiger partial charge is 0.432 e. The van der Waals surface area contributed by atoms with Crippen LogP contribution in [-0.4, -0.2) is 51.6 Å². The molecular weight excluding hydrogens is 380 g/mol. The lowest BCUT2D eigenvalue weighted by molar-refractivity contribution is -0.177. The number of carbonyl (C=O) groups is 3. The van der Waals surface area contributed by atoms with Crippen molar-refractivity contribution in [1.29, 1.82) is 5.26 Å². The van der Waals surface area contributed by atoms with Crippen molar-refractivity contribution in [3.63, 3.8) is 0 Å². The summed E-state index contributed by atoms with van der Waals surface area (Å²) < 4.78 is 4.84. The zero-order valence-corrected chi connectivity index (χ0v) is 16.0. The van der Waals surface area contributed by atoms with Crippen molar-refractivity contribution < 1.29 is 24.0 Å². The molecule has 0 radical (unpaired) electrons. The number of hydrogen-bond donors (Lipinski definition) is 0. The molecule has 0 unspecified atom stereocenters. The zero-order chi connectivity index (χ0) is 21.2. The van der Waals surface area contributed by atoms with Crippen molar-refractivity contribution in [2.45, 2.75) is 26.2 Å². The van der Waals surface area contributed by atoms with Crippen molar-refractivity contribution >= 4 is 18.0 Å². The molecule has 1 fully saturated rings. The van der Waals surface area contributed by atoms with Crippen LogP contribution in [0.25, 0.3) is 0 Å². The Bertz CT molecular complexity index is 876. The molecule has 2 amide bonds. The van der Waals surface area contributed by atoms with Gasteiger partial charge in [0.1, 0.15) is 12.7 Å². The van der Waals surface area contributed by atoms with Crippen LogP contribution in [0.15, 0.2) is 36.9 Å². The molecule has 0 atom stereocenters. The van der Waals surface area contributed by atoms with E-state index in [1.807, 2.05) is 37.4 Å². The minimum Gasteiger partial charge on any atom is -0.432 e. The van der Waals surface area contributed by atoms with Crippen molar-refractivity contribution in [3.05, 3.63) is 48.0 Å². The number of imide groups is 1. The largest absolute Gasteiger partial charge is 0.533 e. The van der Waals surface area contributed by atoms with E-state index in [9.17, 15) is 14.4 Å². The SMILES string of the molecule is CN(C#N)n1cncn1.Cc1cccc(CCOC(=O)ON2C(=O)CCC2=O)c1. The molecule has 1 aromatic carbocycles. The number of aromatic nitrogens is 3. The average molecular weight is 400 g/mol. The van der Waals surface area contributed by atoms with Crippen LogP contribution in [0, 0.1) is 18.4 Å². The van der Waals surface area contributed by atoms with Gasteiger partial charge >= 0.3 is 6.16 Å². The predicted molar refractivity (Wildman–Crippen MR) is 98.2 cm³/mol. The van der Waals surface area contributed by atoms with Crippen LogP contribution in [0.1, 0.15) is 24.0 Å². The molecule has 0 aliphatic carbocycles. The molecule has 0 spiro atoms. The molecule has 2 aromatic rings. The number of rotatable bonds is 5. The van der Waals surface area contributed by atoms with Gasteiger partial charge in [0, 0.05) is 26.3 Å². The number of hydroxylamine groups is 2. The highest BCUT2D eigenvalue weighted by Crippen LogP contribution is 2.12. The van der Waals surface area contributed by atoms with Crippen LogP contribution in [0.4, 0.5) is 4.79 Å². The molecule has 0 N–H and O–H groups in total. The van der Waals surface area contributed by atoms with Crippen LogP contribution in [0.2, 0.25) is 0 Å². The number of nitriles is 1. The third kappa shape index (κ3) is 6.62. The fourth-order valence-electron chi connectivity index (χ4n) is 2.28. The molecule has 152 valence electrons. The highest BCUT2D eigenvalue weighted by Gasteiger charge is 2.33. The summed E-state index contributed by atoms with van der Waals surface area (Å²) in [5.41, 5.74) is 2.16. The summed E-state index contributed by atoms with van der Waals surface area (Å²) in [6.07, 6.45) is 4.31. The van der Waals surface area contributed by atoms with Gasteiger partial charge in [-0.1, -0.05) is 34.9 Å². The molecule has 11 heteroatoms. The average Bonchev–Trinajstić information content (AvgIpc) is 3.34. The number of nitrogens with zero attached hydrogens (tertiary/aromatic N) is 6. The van der Waals surface area contributed by atoms with E-state index in [2.05, 4.69) is 14.9 Å². The summed E-state index contributed by atoms with van der Waals surface area (Å²) in [6, 6.07) is 7.81. The fraction of sp³-hybridized carbons (Fsp3) is 0.333. The van der Waals surface area contributed by atoms with Gasteiger partial charge in [-0.15, -0.1) is 5.10 Å². The maximum atomic E-state index is 11.4. The minimum absolute atomic E-state index is 0.0649. The first kappa shape index (κ1) is 21.4. The van der Waals surface area contributed by atoms with Gasteiger partial charge in [0.2, 0.25) is 6.19 Å². The van der Waals surface area contributed by atoms with Gasteiger partial charge in [0.15, 0.2) is 0 Å². The summed E-state index contributed by atoms with van der Waals surface area (Å²) in [6.45, 7) is 2.10. The molecule has 0 bridgehead atoms. The first-order valence-corrected chi connectivity index (χ1v) is 8.65. The van der Waals surface area contributed by atoms with E-state index in [-0.39, 0.29) is 19.4 Å². The van der Waals surface area contributed by atoms with Gasteiger partial charge in [-0.3, -0.25) is 14.4 Å². The molecule has 1 saturated heterocycles. The Hall–Kier alpha value is -3.94. The van der Waals surface area contributed by atoms with E-state index in [4.69, 9.17) is 10.00 Å². The fourth-order valence-corrected chi connectivity index (χ4v) is 2.28. The van der Waals surface area contributed by atoms with E-state index in [1.54, 1.807) is 7.05 Å². The summed E-state index contributed by atoms with van der Waals surface area (Å²) in [4.78, 5) is 43.4. The maximum absolute atomic E-state index is 11.4. The van der Waals surface area contributed by atoms with Gasteiger partial charge < -0.3 is 4.74 Å². The summed E-state index contributed by atoms with van der Waals surface area (Å²) >= 11 is 0. The number of amides is 2. The predicted octanol–water partition coefficient (Wildman–Crippen LogP) is 1.08. The number of ether oxygens (including phenoxy) is 1. The Kier molecular flexibility index (Phi) is 7.67. The Labute approximate surface area is 167 Å². The van der Waals surface area contributed by atoms with Crippen LogP contribution in [0.5, 0.6) is 0 Å². The molecule has 1 aliphatic rings. The molecule has 1 aromatic heterocycles. The van der Waals surface area contributed by atoms with E-state index in [0.29, 0.717) is 11.5 Å². The van der Waals surface area contributed by atoms with Crippen molar-refractivity contribution in [1.82, 2.24) is 19.9 Å². The second-order valence-corrected chi connectivity index (χ2v) is 5.95. The second kappa shape index (κ2) is 10.4. The zero-order valence-electron chi connectivity index (χ0n) is 16.0. The summed E-state index contributed by atoms with van der Waals surface area (Å²) in [5, 5.41) is 13.7. The second-order valence-electron chi connectivity index (χ2n) is 5.95. The highest BCUT2D eigenvalue weighted by atomic mass is 16.8. The molecule has 11 nitrogen and oxygen atoms in total. The maximum Gasteiger partial charge on any atom is 0.533 e. The van der Waals surface area contributed by atoms with Gasteiger partial charge in [-0.25, -0.2) is 14.8 Å². The van der Waals surface area contributed by atoms with Crippen LogP contribution >= 0.6 is 0 Å². The third-order valence-electron chi connectivity index (χ3n) is 3.72. The van der Waals surface area contributed by atoms with Gasteiger partial charge in [0.05, 0.1) is 6.61 Å². The number of benzene rings is 1. The number of hydrogen-bond acceptors (Lipinski definition) is 9. The van der Waals surface area contributed by atoms with Crippen LogP contribution in [-0.2, 0) is 25.6 Å². The molecule has 1 aliphatic heterocycles. The lowest BCUT2D eigenvalue weighted by atomic mass is 10.1. The van der Waals surface area contributed by atoms with Crippen LogP contribution in [0.3, 0.4) is 0 Å². The number of carbonyl (C=O) groups excluding carboxylic acids is 3. The van der Waals surface area contributed by atoms with Crippen molar-refractivity contribution in [3.8, 4) is 6.19 Å². The van der Waals surface area contributed by atoms with Gasteiger partial charge in [-0.05, 0) is 12.5 Å². The van der Waals surface area contributed by atoms with Crippen LogP contribution < -0.4 is 5.01 Å². The van der Waals surface area contributed by atoms with E-state index >= 15 is 0 Å². The Balaban J connectivity index is 0.000000278. The van der Waals surface area contributed by atoms with Crippen molar-refractivity contribution in [2.24, 2.45) is 0 Å². The quantitative estimate of drug-likeness (QED) is 0.313. The van der Waals surface area contributed by atoms with E-state index in [0.717, 1.165) is 11.1 Å². The van der Waals surface area contributed by atoms with E-state index < -0.39 is 18.0 Å². The highest BCUT2D eigenvalue weighted by molar-refractivity contribution is 6.01. The first-order valence-electron chi connectivity index (χ1n) is 8.65.